The topological polar surface area (TPSA) is 65.2 Å². The van der Waals surface area contributed by atoms with Crippen molar-refractivity contribution in [2.75, 3.05) is 27.3 Å². The van der Waals surface area contributed by atoms with Crippen LogP contribution >= 0.6 is 0 Å². The van der Waals surface area contributed by atoms with Gasteiger partial charge in [-0.1, -0.05) is 42.5 Å². The smallest absolute Gasteiger partial charge is 0.257 e. The van der Waals surface area contributed by atoms with E-state index in [4.69, 9.17) is 9.84 Å². The van der Waals surface area contributed by atoms with Crippen molar-refractivity contribution in [1.82, 2.24) is 24.2 Å². The summed E-state index contributed by atoms with van der Waals surface area (Å²) in [6, 6.07) is 14.2. The van der Waals surface area contributed by atoms with Crippen molar-refractivity contribution >= 4 is 16.7 Å². The van der Waals surface area contributed by atoms with Gasteiger partial charge in [-0.05, 0) is 10.8 Å². The van der Waals surface area contributed by atoms with Gasteiger partial charge in [0.25, 0.3) is 5.91 Å². The zero-order chi connectivity index (χ0) is 21.1. The molecule has 0 atom stereocenters. The highest BCUT2D eigenvalue weighted by Crippen LogP contribution is 2.30. The van der Waals surface area contributed by atoms with Gasteiger partial charge < -0.3 is 14.2 Å². The minimum absolute atomic E-state index is 0.0776. The second kappa shape index (κ2) is 8.51. The van der Waals surface area contributed by atoms with Gasteiger partial charge in [-0.15, -0.1) is 0 Å². The first-order valence-electron chi connectivity index (χ1n) is 9.83. The molecule has 4 aromatic rings. The van der Waals surface area contributed by atoms with E-state index in [0.717, 1.165) is 22.0 Å². The maximum absolute atomic E-state index is 13.3. The van der Waals surface area contributed by atoms with E-state index in [2.05, 4.69) is 23.2 Å². The zero-order valence-electron chi connectivity index (χ0n) is 17.4. The lowest BCUT2D eigenvalue weighted by atomic mass is 10.00. The Morgan fingerprint density at radius 3 is 2.73 bits per heavy atom. The Bertz CT molecular complexity index is 1170. The quantitative estimate of drug-likeness (QED) is 0.475. The van der Waals surface area contributed by atoms with Crippen LogP contribution in [0.15, 0.2) is 61.2 Å². The SMILES string of the molecule is COCCN(C)C(=O)c1cn(Cc2cncn2C)nc1-c1cccc2ccccc12. The summed E-state index contributed by atoms with van der Waals surface area (Å²) in [6.07, 6.45) is 5.40. The van der Waals surface area contributed by atoms with E-state index < -0.39 is 0 Å². The second-order valence-electron chi connectivity index (χ2n) is 7.33. The minimum atomic E-state index is -0.0776. The van der Waals surface area contributed by atoms with E-state index in [1.54, 1.807) is 25.4 Å². The molecule has 0 aliphatic carbocycles. The number of benzene rings is 2. The van der Waals surface area contributed by atoms with Gasteiger partial charge in [0.2, 0.25) is 0 Å². The van der Waals surface area contributed by atoms with E-state index in [1.165, 1.54) is 0 Å². The molecule has 0 fully saturated rings. The van der Waals surface area contributed by atoms with Crippen LogP contribution in [0.1, 0.15) is 16.1 Å². The van der Waals surface area contributed by atoms with Gasteiger partial charge in [0.1, 0.15) is 5.69 Å². The normalized spacial score (nSPS) is 11.2. The first-order chi connectivity index (χ1) is 14.6. The Morgan fingerprint density at radius 2 is 1.97 bits per heavy atom. The van der Waals surface area contributed by atoms with Gasteiger partial charge in [0.05, 0.1) is 36.9 Å². The first kappa shape index (κ1) is 19.8. The molecule has 0 N–H and O–H groups in total. The Morgan fingerprint density at radius 1 is 1.17 bits per heavy atom. The number of amides is 1. The van der Waals surface area contributed by atoms with Crippen molar-refractivity contribution < 1.29 is 9.53 Å². The molecule has 4 rings (SSSR count). The molecule has 30 heavy (non-hydrogen) atoms. The fourth-order valence-corrected chi connectivity index (χ4v) is 3.53. The molecule has 0 saturated carbocycles. The van der Waals surface area contributed by atoms with Gasteiger partial charge in [-0.2, -0.15) is 5.10 Å². The molecule has 2 aromatic heterocycles. The van der Waals surface area contributed by atoms with Crippen LogP contribution in [0.4, 0.5) is 0 Å². The lowest BCUT2D eigenvalue weighted by Crippen LogP contribution is -2.30. The van der Waals surface area contributed by atoms with Crippen molar-refractivity contribution in [3.05, 3.63) is 72.4 Å². The van der Waals surface area contributed by atoms with Crippen LogP contribution in [0.2, 0.25) is 0 Å². The van der Waals surface area contributed by atoms with Gasteiger partial charge in [-0.3, -0.25) is 9.48 Å². The highest BCUT2D eigenvalue weighted by molar-refractivity contribution is 6.04. The van der Waals surface area contributed by atoms with Crippen molar-refractivity contribution in [2.24, 2.45) is 7.05 Å². The van der Waals surface area contributed by atoms with Crippen LogP contribution in [0.5, 0.6) is 0 Å². The largest absolute Gasteiger partial charge is 0.383 e. The number of rotatable bonds is 7. The number of fused-ring (bicyclic) bond motifs is 1. The summed E-state index contributed by atoms with van der Waals surface area (Å²) in [5.41, 5.74) is 3.21. The lowest BCUT2D eigenvalue weighted by Gasteiger charge is -2.16. The third-order valence-electron chi connectivity index (χ3n) is 5.25. The van der Waals surface area contributed by atoms with Gasteiger partial charge in [0.15, 0.2) is 0 Å². The Kier molecular flexibility index (Phi) is 5.63. The van der Waals surface area contributed by atoms with E-state index in [1.807, 2.05) is 53.0 Å². The number of imidazole rings is 1. The number of aromatic nitrogens is 4. The zero-order valence-corrected chi connectivity index (χ0v) is 17.4. The predicted molar refractivity (Wildman–Crippen MR) is 116 cm³/mol. The Balaban J connectivity index is 1.81. The molecule has 2 aromatic carbocycles. The molecule has 0 saturated heterocycles. The molecular weight excluding hydrogens is 378 g/mol. The van der Waals surface area contributed by atoms with E-state index in [-0.39, 0.29) is 5.91 Å². The average Bonchev–Trinajstić information content (AvgIpc) is 3.37. The fraction of sp³-hybridized carbons (Fsp3) is 0.261. The van der Waals surface area contributed by atoms with Crippen molar-refractivity contribution in [2.45, 2.75) is 6.54 Å². The van der Waals surface area contributed by atoms with Crippen LogP contribution in [-0.4, -0.2) is 57.4 Å². The summed E-state index contributed by atoms with van der Waals surface area (Å²) >= 11 is 0. The summed E-state index contributed by atoms with van der Waals surface area (Å²) < 4.78 is 8.90. The molecule has 1 amide bonds. The number of hydrogen-bond acceptors (Lipinski definition) is 4. The second-order valence-corrected chi connectivity index (χ2v) is 7.33. The number of nitrogens with zero attached hydrogens (tertiary/aromatic N) is 5. The summed E-state index contributed by atoms with van der Waals surface area (Å²) in [5.74, 6) is -0.0776. The highest BCUT2D eigenvalue weighted by atomic mass is 16.5. The maximum Gasteiger partial charge on any atom is 0.257 e. The predicted octanol–water partition coefficient (Wildman–Crippen LogP) is 3.20. The van der Waals surface area contributed by atoms with Gasteiger partial charge in [-0.25, -0.2) is 4.98 Å². The first-order valence-corrected chi connectivity index (χ1v) is 9.83. The van der Waals surface area contributed by atoms with Crippen LogP contribution < -0.4 is 0 Å². The fourth-order valence-electron chi connectivity index (χ4n) is 3.53. The van der Waals surface area contributed by atoms with E-state index >= 15 is 0 Å². The molecule has 0 spiro atoms. The van der Waals surface area contributed by atoms with Crippen LogP contribution in [0.25, 0.3) is 22.0 Å². The number of hydrogen-bond donors (Lipinski definition) is 0. The van der Waals surface area contributed by atoms with Crippen LogP contribution in [-0.2, 0) is 18.3 Å². The molecule has 0 bridgehead atoms. The number of ether oxygens (including phenoxy) is 1. The number of methoxy groups -OCH3 is 1. The molecule has 0 radical (unpaired) electrons. The van der Waals surface area contributed by atoms with Crippen molar-refractivity contribution in [3.8, 4) is 11.3 Å². The van der Waals surface area contributed by atoms with Crippen molar-refractivity contribution in [1.29, 1.82) is 0 Å². The number of carbonyl (C=O) groups is 1. The van der Waals surface area contributed by atoms with Crippen molar-refractivity contribution in [3.63, 3.8) is 0 Å². The molecule has 154 valence electrons. The van der Waals surface area contributed by atoms with Gasteiger partial charge >= 0.3 is 0 Å². The minimum Gasteiger partial charge on any atom is -0.383 e. The molecule has 0 unspecified atom stereocenters. The number of aryl methyl sites for hydroxylation is 1. The standard InChI is InChI=1S/C23H25N5O2/c1-26(11-12-30-3)23(29)21-15-28(14-18-13-24-16-27(18)2)25-22(21)20-10-6-8-17-7-4-5-9-19(17)20/h4-10,13,15-16H,11-12,14H2,1-3H3. The average molecular weight is 403 g/mol. The Labute approximate surface area is 175 Å². The molecule has 2 heterocycles. The Hall–Kier alpha value is -3.45. The van der Waals surface area contributed by atoms with Crippen LogP contribution in [0, 0.1) is 0 Å². The summed E-state index contributed by atoms with van der Waals surface area (Å²) in [7, 11) is 5.36. The third-order valence-corrected chi connectivity index (χ3v) is 5.25. The molecule has 7 heteroatoms. The maximum atomic E-state index is 13.3. The summed E-state index contributed by atoms with van der Waals surface area (Å²) in [6.45, 7) is 1.52. The summed E-state index contributed by atoms with van der Waals surface area (Å²) in [5, 5.41) is 7.01. The van der Waals surface area contributed by atoms with E-state index in [9.17, 15) is 4.79 Å². The molecule has 0 aliphatic rings. The monoisotopic (exact) mass is 403 g/mol. The number of likely N-dealkylation sites (N-methyl/N-ethyl adjacent to an activating group) is 1. The lowest BCUT2D eigenvalue weighted by molar-refractivity contribution is 0.0745. The molecule has 0 aliphatic heterocycles. The van der Waals surface area contributed by atoms with Gasteiger partial charge in [0, 0.05) is 39.5 Å². The number of carbonyl (C=O) groups excluding carboxylic acids is 1. The molecule has 7 nitrogen and oxygen atoms in total. The third kappa shape index (κ3) is 3.84. The summed E-state index contributed by atoms with van der Waals surface area (Å²) in [4.78, 5) is 19.1. The van der Waals surface area contributed by atoms with Crippen LogP contribution in [0.3, 0.4) is 0 Å². The highest BCUT2D eigenvalue weighted by Gasteiger charge is 2.22. The molecular formula is C23H25N5O2. The van der Waals surface area contributed by atoms with E-state index in [0.29, 0.717) is 31.0 Å².